The van der Waals surface area contributed by atoms with Crippen molar-refractivity contribution >= 4 is 27.7 Å². The molecule has 30 heavy (non-hydrogen) atoms. The molecule has 1 aliphatic carbocycles. The minimum atomic E-state index is 0.0627. The molecule has 0 radical (unpaired) electrons. The molecule has 5 rings (SSSR count). The SMILES string of the molecule is COc1ccc2[nH]c3c(c2c1)CCC[C@@H]3NC(=O)CCCc1c[nH]c2ccccc12. The summed E-state index contributed by atoms with van der Waals surface area (Å²) in [6, 6.07) is 14.5. The number of H-pyrrole nitrogens is 2. The maximum Gasteiger partial charge on any atom is 0.220 e. The lowest BCUT2D eigenvalue weighted by Crippen LogP contribution is -2.30. The Morgan fingerprint density at radius 3 is 2.97 bits per heavy atom. The highest BCUT2D eigenvalue weighted by Crippen LogP contribution is 2.36. The van der Waals surface area contributed by atoms with Crippen LogP contribution in [0.1, 0.15) is 48.5 Å². The van der Waals surface area contributed by atoms with E-state index in [0.29, 0.717) is 6.42 Å². The van der Waals surface area contributed by atoms with E-state index in [0.717, 1.165) is 54.6 Å². The molecular formula is C25H27N3O2. The Hall–Kier alpha value is -3.21. The second kappa shape index (κ2) is 7.90. The molecule has 1 atom stereocenters. The maximum atomic E-state index is 12.7. The van der Waals surface area contributed by atoms with Crippen LogP contribution in [0.5, 0.6) is 5.75 Å². The van der Waals surface area contributed by atoms with E-state index in [-0.39, 0.29) is 11.9 Å². The minimum Gasteiger partial charge on any atom is -0.497 e. The number of carbonyl (C=O) groups is 1. The molecule has 2 aromatic carbocycles. The molecule has 3 N–H and O–H groups in total. The standard InChI is InChI=1S/C25H27N3O2/c1-30-17-12-13-22-20(14-17)19-8-5-10-23(25(19)28-22)27-24(29)11-4-6-16-15-26-21-9-3-2-7-18(16)21/h2-3,7,9,12-15,23,26,28H,4-6,8,10-11H2,1H3,(H,27,29)/t23-/m0/s1. The molecule has 1 amide bonds. The smallest absolute Gasteiger partial charge is 0.220 e. The van der Waals surface area contributed by atoms with Crippen molar-refractivity contribution in [2.24, 2.45) is 0 Å². The van der Waals surface area contributed by atoms with E-state index in [2.05, 4.69) is 51.8 Å². The molecule has 2 aromatic heterocycles. The van der Waals surface area contributed by atoms with Crippen molar-refractivity contribution < 1.29 is 9.53 Å². The van der Waals surface area contributed by atoms with Crippen molar-refractivity contribution in [3.8, 4) is 5.75 Å². The maximum absolute atomic E-state index is 12.7. The predicted molar refractivity (Wildman–Crippen MR) is 120 cm³/mol. The molecule has 1 aliphatic rings. The highest BCUT2D eigenvalue weighted by molar-refractivity contribution is 5.87. The van der Waals surface area contributed by atoms with Crippen LogP contribution in [0.15, 0.2) is 48.7 Å². The van der Waals surface area contributed by atoms with E-state index in [9.17, 15) is 4.79 Å². The van der Waals surface area contributed by atoms with E-state index in [1.54, 1.807) is 7.11 Å². The molecule has 0 unspecified atom stereocenters. The number of para-hydroxylation sites is 1. The third-order valence-electron chi connectivity index (χ3n) is 6.27. The van der Waals surface area contributed by atoms with Crippen LogP contribution in [-0.4, -0.2) is 23.0 Å². The highest BCUT2D eigenvalue weighted by atomic mass is 16.5. The number of carbonyl (C=O) groups excluding carboxylic acids is 1. The summed E-state index contributed by atoms with van der Waals surface area (Å²) in [6.45, 7) is 0. The van der Waals surface area contributed by atoms with Gasteiger partial charge in [0.1, 0.15) is 5.75 Å². The van der Waals surface area contributed by atoms with Crippen molar-refractivity contribution in [2.75, 3.05) is 7.11 Å². The van der Waals surface area contributed by atoms with Crippen LogP contribution in [0.4, 0.5) is 0 Å². The third-order valence-corrected chi connectivity index (χ3v) is 6.27. The van der Waals surface area contributed by atoms with E-state index in [1.807, 2.05) is 12.1 Å². The first-order valence-electron chi connectivity index (χ1n) is 10.8. The second-order valence-corrected chi connectivity index (χ2v) is 8.15. The Balaban J connectivity index is 1.25. The number of nitrogens with one attached hydrogen (secondary N) is 3. The van der Waals surface area contributed by atoms with Gasteiger partial charge in [-0.3, -0.25) is 4.79 Å². The van der Waals surface area contributed by atoms with Gasteiger partial charge in [-0.2, -0.15) is 0 Å². The molecule has 0 spiro atoms. The van der Waals surface area contributed by atoms with E-state index < -0.39 is 0 Å². The summed E-state index contributed by atoms with van der Waals surface area (Å²) in [6.07, 6.45) is 7.45. The average Bonchev–Trinajstić information content (AvgIpc) is 3.35. The van der Waals surface area contributed by atoms with E-state index in [4.69, 9.17) is 4.74 Å². The number of benzene rings is 2. The molecule has 5 heteroatoms. The Morgan fingerprint density at radius 1 is 1.17 bits per heavy atom. The molecule has 0 fully saturated rings. The van der Waals surface area contributed by atoms with Gasteiger partial charge in [-0.1, -0.05) is 18.2 Å². The Bertz CT molecular complexity index is 1200. The zero-order valence-electron chi connectivity index (χ0n) is 17.3. The highest BCUT2D eigenvalue weighted by Gasteiger charge is 2.25. The number of ether oxygens (including phenoxy) is 1. The molecule has 0 bridgehead atoms. The number of aryl methyl sites for hydroxylation is 2. The summed E-state index contributed by atoms with van der Waals surface area (Å²) in [5.41, 5.74) is 6.03. The van der Waals surface area contributed by atoms with Gasteiger partial charge < -0.3 is 20.0 Å². The quantitative estimate of drug-likeness (QED) is 0.417. The first kappa shape index (κ1) is 18.8. The summed E-state index contributed by atoms with van der Waals surface area (Å²) < 4.78 is 5.39. The predicted octanol–water partition coefficient (Wildman–Crippen LogP) is 5.17. The topological polar surface area (TPSA) is 69.9 Å². The number of fused-ring (bicyclic) bond motifs is 4. The van der Waals surface area contributed by atoms with Gasteiger partial charge >= 0.3 is 0 Å². The number of aromatic nitrogens is 2. The lowest BCUT2D eigenvalue weighted by Gasteiger charge is -2.24. The van der Waals surface area contributed by atoms with Gasteiger partial charge in [-0.25, -0.2) is 0 Å². The van der Waals surface area contributed by atoms with Gasteiger partial charge in [0.05, 0.1) is 13.2 Å². The van der Waals surface area contributed by atoms with Gasteiger partial charge in [0.2, 0.25) is 5.91 Å². The van der Waals surface area contributed by atoms with Crippen molar-refractivity contribution in [1.29, 1.82) is 0 Å². The number of amides is 1. The number of hydrogen-bond acceptors (Lipinski definition) is 2. The van der Waals surface area contributed by atoms with Gasteiger partial charge in [0.15, 0.2) is 0 Å². The van der Waals surface area contributed by atoms with Gasteiger partial charge in [0, 0.05) is 40.1 Å². The van der Waals surface area contributed by atoms with Crippen LogP contribution in [0.2, 0.25) is 0 Å². The summed E-state index contributed by atoms with van der Waals surface area (Å²) >= 11 is 0. The zero-order valence-corrected chi connectivity index (χ0v) is 17.3. The first-order chi connectivity index (χ1) is 14.7. The molecule has 0 saturated heterocycles. The number of aromatic amines is 2. The van der Waals surface area contributed by atoms with Gasteiger partial charge in [-0.15, -0.1) is 0 Å². The fraction of sp³-hybridized carbons (Fsp3) is 0.320. The lowest BCUT2D eigenvalue weighted by atomic mass is 9.91. The number of hydrogen-bond donors (Lipinski definition) is 3. The molecule has 154 valence electrons. The zero-order chi connectivity index (χ0) is 20.5. The van der Waals surface area contributed by atoms with Crippen LogP contribution < -0.4 is 10.1 Å². The fourth-order valence-corrected chi connectivity index (χ4v) is 4.76. The van der Waals surface area contributed by atoms with E-state index >= 15 is 0 Å². The summed E-state index contributed by atoms with van der Waals surface area (Å²) in [4.78, 5) is 19.5. The summed E-state index contributed by atoms with van der Waals surface area (Å²) in [5.74, 6) is 0.997. The van der Waals surface area contributed by atoms with Crippen molar-refractivity contribution in [3.63, 3.8) is 0 Å². The summed E-state index contributed by atoms with van der Waals surface area (Å²) in [7, 11) is 1.69. The van der Waals surface area contributed by atoms with Crippen molar-refractivity contribution in [1.82, 2.24) is 15.3 Å². The second-order valence-electron chi connectivity index (χ2n) is 8.15. The molecule has 4 aromatic rings. The fourth-order valence-electron chi connectivity index (χ4n) is 4.76. The van der Waals surface area contributed by atoms with E-state index in [1.165, 1.54) is 21.9 Å². The van der Waals surface area contributed by atoms with Crippen LogP contribution in [-0.2, 0) is 17.6 Å². The Kier molecular flexibility index (Phi) is 4.95. The van der Waals surface area contributed by atoms with Crippen LogP contribution in [0, 0.1) is 0 Å². The summed E-state index contributed by atoms with van der Waals surface area (Å²) in [5, 5.41) is 5.74. The molecule has 2 heterocycles. The molecule has 0 aliphatic heterocycles. The minimum absolute atomic E-state index is 0.0627. The van der Waals surface area contributed by atoms with Crippen LogP contribution in [0.25, 0.3) is 21.8 Å². The largest absolute Gasteiger partial charge is 0.497 e. The van der Waals surface area contributed by atoms with Gasteiger partial charge in [-0.05, 0) is 67.5 Å². The lowest BCUT2D eigenvalue weighted by molar-refractivity contribution is -0.122. The van der Waals surface area contributed by atoms with Crippen LogP contribution in [0.3, 0.4) is 0 Å². The number of methoxy groups -OCH3 is 1. The van der Waals surface area contributed by atoms with Gasteiger partial charge in [0.25, 0.3) is 0 Å². The number of rotatable bonds is 6. The van der Waals surface area contributed by atoms with Crippen LogP contribution >= 0.6 is 0 Å². The van der Waals surface area contributed by atoms with Crippen molar-refractivity contribution in [2.45, 2.75) is 44.6 Å². The third kappa shape index (κ3) is 3.45. The molecule has 5 nitrogen and oxygen atoms in total. The Labute approximate surface area is 175 Å². The average molecular weight is 402 g/mol. The van der Waals surface area contributed by atoms with Crippen molar-refractivity contribution in [3.05, 3.63) is 65.5 Å². The molecular weight excluding hydrogens is 374 g/mol. The monoisotopic (exact) mass is 401 g/mol. The normalized spacial score (nSPS) is 16.0. The molecule has 0 saturated carbocycles. The Morgan fingerprint density at radius 2 is 2.07 bits per heavy atom. The first-order valence-corrected chi connectivity index (χ1v) is 10.8.